The van der Waals surface area contributed by atoms with E-state index in [9.17, 15) is 9.90 Å². The fraction of sp³-hybridized carbons (Fsp3) is 0.875. The van der Waals surface area contributed by atoms with Crippen LogP contribution in [0, 0.1) is 0 Å². The van der Waals surface area contributed by atoms with Gasteiger partial charge in [-0.3, -0.25) is 4.79 Å². The largest absolute Gasteiger partial charge is 0.463 e. The van der Waals surface area contributed by atoms with Crippen LogP contribution in [0.5, 0.6) is 0 Å². The van der Waals surface area contributed by atoms with Gasteiger partial charge in [-0.25, -0.2) is 0 Å². The molecule has 0 bridgehead atoms. The van der Waals surface area contributed by atoms with E-state index < -0.39 is 12.1 Å². The number of aliphatic hydroxyl groups is 1. The summed E-state index contributed by atoms with van der Waals surface area (Å²) in [6.07, 6.45) is -1.04. The van der Waals surface area contributed by atoms with E-state index in [0.29, 0.717) is 6.61 Å². The summed E-state index contributed by atoms with van der Waals surface area (Å²) in [6, 6.07) is 0. The van der Waals surface area contributed by atoms with Crippen LogP contribution in [0.1, 0.15) is 20.8 Å². The zero-order valence-corrected chi connectivity index (χ0v) is 7.74. The number of aliphatic hydroxyl groups excluding tert-OH is 1. The zero-order valence-electron chi connectivity index (χ0n) is 7.74. The van der Waals surface area contributed by atoms with Crippen molar-refractivity contribution in [2.24, 2.45) is 0 Å². The van der Waals surface area contributed by atoms with Crippen LogP contribution in [0.15, 0.2) is 0 Å². The van der Waals surface area contributed by atoms with Crippen LogP contribution in [0.2, 0.25) is 0 Å². The third kappa shape index (κ3) is 5.09. The van der Waals surface area contributed by atoms with Crippen LogP contribution in [-0.2, 0) is 14.3 Å². The van der Waals surface area contributed by atoms with Crippen molar-refractivity contribution in [1.29, 1.82) is 0 Å². The van der Waals surface area contributed by atoms with Crippen LogP contribution < -0.4 is 0 Å². The molecule has 4 nitrogen and oxygen atoms in total. The van der Waals surface area contributed by atoms with E-state index in [1.807, 2.05) is 6.92 Å². The lowest BCUT2D eigenvalue weighted by molar-refractivity contribution is -0.147. The molecule has 0 aromatic heterocycles. The maximum absolute atomic E-state index is 10.4. The Bertz CT molecular complexity index is 135. The highest BCUT2D eigenvalue weighted by molar-refractivity contribution is 5.65. The Morgan fingerprint density at radius 1 is 1.58 bits per heavy atom. The molecule has 0 amide bonds. The molecular formula is C8H16O4. The van der Waals surface area contributed by atoms with Gasteiger partial charge in [0.15, 0.2) is 0 Å². The lowest BCUT2D eigenvalue weighted by Gasteiger charge is -2.17. The van der Waals surface area contributed by atoms with Gasteiger partial charge in [-0.15, -0.1) is 0 Å². The molecule has 0 radical (unpaired) electrons. The Balaban J connectivity index is 3.55. The van der Waals surface area contributed by atoms with Crippen LogP contribution in [0.4, 0.5) is 0 Å². The van der Waals surface area contributed by atoms with Crippen molar-refractivity contribution in [3.8, 4) is 0 Å². The van der Waals surface area contributed by atoms with Crippen LogP contribution in [-0.4, -0.2) is 36.5 Å². The first-order chi connectivity index (χ1) is 5.57. The van der Waals surface area contributed by atoms with E-state index >= 15 is 0 Å². The van der Waals surface area contributed by atoms with Gasteiger partial charge in [-0.2, -0.15) is 0 Å². The van der Waals surface area contributed by atoms with Crippen molar-refractivity contribution in [2.75, 3.05) is 13.2 Å². The maximum Gasteiger partial charge on any atom is 0.302 e. The number of rotatable bonds is 5. The molecule has 12 heavy (non-hydrogen) atoms. The first-order valence-electron chi connectivity index (χ1n) is 4.01. The van der Waals surface area contributed by atoms with Crippen molar-refractivity contribution in [3.05, 3.63) is 0 Å². The number of carbonyl (C=O) groups excluding carboxylic acids is 1. The van der Waals surface area contributed by atoms with Crippen molar-refractivity contribution in [2.45, 2.75) is 33.0 Å². The first kappa shape index (κ1) is 11.4. The van der Waals surface area contributed by atoms with Crippen molar-refractivity contribution in [1.82, 2.24) is 0 Å². The second-order valence-corrected chi connectivity index (χ2v) is 2.53. The minimum absolute atomic E-state index is 0.00347. The third-order valence-corrected chi connectivity index (χ3v) is 1.43. The quantitative estimate of drug-likeness (QED) is 0.613. The summed E-state index contributed by atoms with van der Waals surface area (Å²) < 4.78 is 9.70. The van der Waals surface area contributed by atoms with Crippen molar-refractivity contribution in [3.63, 3.8) is 0 Å². The number of esters is 1. The Morgan fingerprint density at radius 2 is 2.17 bits per heavy atom. The number of hydrogen-bond acceptors (Lipinski definition) is 4. The minimum Gasteiger partial charge on any atom is -0.463 e. The van der Waals surface area contributed by atoms with Crippen LogP contribution in [0.25, 0.3) is 0 Å². The van der Waals surface area contributed by atoms with Gasteiger partial charge in [0.05, 0.1) is 6.10 Å². The fourth-order valence-electron chi connectivity index (χ4n) is 0.712. The molecule has 0 saturated heterocycles. The highest BCUT2D eigenvalue weighted by Gasteiger charge is 2.14. The Labute approximate surface area is 72.5 Å². The molecule has 0 spiro atoms. The predicted molar refractivity (Wildman–Crippen MR) is 43.7 cm³/mol. The van der Waals surface area contributed by atoms with Gasteiger partial charge in [0.25, 0.3) is 0 Å². The average molecular weight is 176 g/mol. The van der Waals surface area contributed by atoms with Gasteiger partial charge in [0.2, 0.25) is 0 Å². The van der Waals surface area contributed by atoms with Gasteiger partial charge in [0, 0.05) is 13.5 Å². The summed E-state index contributed by atoms with van der Waals surface area (Å²) in [6.45, 7) is 5.42. The molecule has 0 aliphatic heterocycles. The highest BCUT2D eigenvalue weighted by Crippen LogP contribution is 1.99. The van der Waals surface area contributed by atoms with Crippen molar-refractivity contribution >= 4 is 5.97 Å². The van der Waals surface area contributed by atoms with Crippen molar-refractivity contribution < 1.29 is 19.4 Å². The van der Waals surface area contributed by atoms with E-state index in [0.717, 1.165) is 0 Å². The van der Waals surface area contributed by atoms with Gasteiger partial charge in [-0.05, 0) is 13.8 Å². The average Bonchev–Trinajstić information content (AvgIpc) is 2.00. The van der Waals surface area contributed by atoms with E-state index in [1.54, 1.807) is 6.92 Å². The molecule has 0 aliphatic rings. The van der Waals surface area contributed by atoms with Gasteiger partial charge < -0.3 is 14.6 Å². The Morgan fingerprint density at radius 3 is 2.58 bits per heavy atom. The van der Waals surface area contributed by atoms with Gasteiger partial charge in [0.1, 0.15) is 12.7 Å². The zero-order chi connectivity index (χ0) is 9.56. The SMILES string of the molecule is CCOC(C)C(O)COC(C)=O. The minimum atomic E-state index is -0.742. The Kier molecular flexibility index (Phi) is 5.66. The normalized spacial score (nSPS) is 15.3. The molecule has 4 heteroatoms. The molecular weight excluding hydrogens is 160 g/mol. The molecule has 0 saturated carbocycles. The third-order valence-electron chi connectivity index (χ3n) is 1.43. The van der Waals surface area contributed by atoms with Crippen LogP contribution in [0.3, 0.4) is 0 Å². The molecule has 0 fully saturated rings. The Hall–Kier alpha value is -0.610. The fourth-order valence-corrected chi connectivity index (χ4v) is 0.712. The molecule has 0 rings (SSSR count). The summed E-state index contributed by atoms with van der Waals surface area (Å²) in [4.78, 5) is 10.4. The summed E-state index contributed by atoms with van der Waals surface area (Å²) in [5.74, 6) is -0.391. The smallest absolute Gasteiger partial charge is 0.302 e. The van der Waals surface area contributed by atoms with E-state index in [2.05, 4.69) is 4.74 Å². The summed E-state index contributed by atoms with van der Waals surface area (Å²) in [5.41, 5.74) is 0. The molecule has 0 aromatic rings. The van der Waals surface area contributed by atoms with Gasteiger partial charge >= 0.3 is 5.97 Å². The molecule has 2 unspecified atom stereocenters. The number of ether oxygens (including phenoxy) is 2. The maximum atomic E-state index is 10.4. The first-order valence-corrected chi connectivity index (χ1v) is 4.01. The molecule has 2 atom stereocenters. The van der Waals surface area contributed by atoms with Gasteiger partial charge in [-0.1, -0.05) is 0 Å². The molecule has 1 N–H and O–H groups in total. The number of hydrogen-bond donors (Lipinski definition) is 1. The monoisotopic (exact) mass is 176 g/mol. The molecule has 72 valence electrons. The second-order valence-electron chi connectivity index (χ2n) is 2.53. The van der Waals surface area contributed by atoms with E-state index in [1.165, 1.54) is 6.92 Å². The lowest BCUT2D eigenvalue weighted by Crippen LogP contribution is -2.31. The summed E-state index contributed by atoms with van der Waals surface area (Å²) >= 11 is 0. The van der Waals surface area contributed by atoms with Crippen LogP contribution >= 0.6 is 0 Å². The second kappa shape index (κ2) is 5.97. The summed E-state index contributed by atoms with van der Waals surface area (Å²) in [7, 11) is 0. The topological polar surface area (TPSA) is 55.8 Å². The van der Waals surface area contributed by atoms with E-state index in [4.69, 9.17) is 4.74 Å². The summed E-state index contributed by atoms with van der Waals surface area (Å²) in [5, 5.41) is 9.30. The molecule has 0 aromatic carbocycles. The highest BCUT2D eigenvalue weighted by atomic mass is 16.5. The lowest BCUT2D eigenvalue weighted by atomic mass is 10.2. The predicted octanol–water partition coefficient (Wildman–Crippen LogP) is 0.335. The van der Waals surface area contributed by atoms with E-state index in [-0.39, 0.29) is 12.7 Å². The standard InChI is InChI=1S/C8H16O4/c1-4-11-6(2)8(10)5-12-7(3)9/h6,8,10H,4-5H2,1-3H3. The number of carbonyl (C=O) groups is 1. The molecule has 0 aliphatic carbocycles. The molecule has 0 heterocycles.